The number of aliphatic hydroxyl groups excluding tert-OH is 2. The van der Waals surface area contributed by atoms with Crippen LogP contribution in [0.2, 0.25) is 0 Å². The van der Waals surface area contributed by atoms with Crippen LogP contribution in [0, 0.1) is 27.2 Å². The molecule has 5 rings (SSSR count). The van der Waals surface area contributed by atoms with E-state index in [0.29, 0.717) is 37.3 Å². The van der Waals surface area contributed by atoms with Gasteiger partial charge < -0.3 is 20.1 Å². The molecule has 2 amide bonds. The van der Waals surface area contributed by atoms with Crippen LogP contribution in [0.1, 0.15) is 55.4 Å². The Morgan fingerprint density at radius 2 is 1.60 bits per heavy atom. The topological polar surface area (TPSA) is 107 Å². The van der Waals surface area contributed by atoms with E-state index in [2.05, 4.69) is 0 Å². The second kappa shape index (κ2) is 15.2. The molecule has 0 saturated carbocycles. The molecule has 0 bridgehead atoms. The van der Waals surface area contributed by atoms with Crippen LogP contribution in [0.15, 0.2) is 71.8 Å². The van der Waals surface area contributed by atoms with Crippen molar-refractivity contribution in [2.45, 2.75) is 51.6 Å². The number of allylic oxidation sites excluding steroid dienone is 2. The number of benzene rings is 3. The lowest BCUT2D eigenvalue weighted by atomic mass is 9.66. The highest BCUT2D eigenvalue weighted by molar-refractivity contribution is 14.1. The van der Waals surface area contributed by atoms with Crippen LogP contribution in [0.4, 0.5) is 32.0 Å². The first-order valence-electron chi connectivity index (χ1n) is 16.4. The van der Waals surface area contributed by atoms with Gasteiger partial charge in [-0.15, -0.1) is 0 Å². The summed E-state index contributed by atoms with van der Waals surface area (Å²) >= 11 is 1.98. The van der Waals surface area contributed by atoms with Gasteiger partial charge in [-0.3, -0.25) is 9.59 Å². The maximum absolute atomic E-state index is 13.9. The molecule has 278 valence electrons. The second-order valence-corrected chi connectivity index (χ2v) is 14.3. The van der Waals surface area contributed by atoms with Crippen molar-refractivity contribution in [3.8, 4) is 11.5 Å². The Morgan fingerprint density at radius 3 is 2.13 bits per heavy atom. The molecule has 0 radical (unpaired) electrons. The number of amides is 2. The molecule has 0 unspecified atom stereocenters. The van der Waals surface area contributed by atoms with Crippen molar-refractivity contribution >= 4 is 51.7 Å². The van der Waals surface area contributed by atoms with Gasteiger partial charge in [0.15, 0.2) is 11.5 Å². The van der Waals surface area contributed by atoms with Crippen LogP contribution < -0.4 is 9.64 Å². The van der Waals surface area contributed by atoms with E-state index < -0.39 is 71.4 Å². The zero-order valence-electron chi connectivity index (χ0n) is 28.2. The molecule has 1 heterocycles. The number of carbonyl (C=O) groups excluding carboxylic acids is 2. The normalized spacial score (nSPS) is 20.5. The molecule has 7 nitrogen and oxygen atoms in total. The maximum atomic E-state index is 13.9. The molecule has 3 aromatic carbocycles. The number of hydrogen-bond acceptors (Lipinski definition) is 6. The SMILES string of the molecule is COc1cc(/C=C(/CC[C@@H](O)C2=C(C(C)C)C[C@H]3C(=O)N(c4cc(C(F)(F)F)cc(C(F)(F)F)c4)C(=O)[C@H]3[C@H]2CO)c2ccccc2)cc(I)c1O. The lowest BCUT2D eigenvalue weighted by Crippen LogP contribution is -2.40. The van der Waals surface area contributed by atoms with Gasteiger partial charge in [-0.1, -0.05) is 55.8 Å². The number of methoxy groups -OCH3 is 1. The largest absolute Gasteiger partial charge is 0.504 e. The van der Waals surface area contributed by atoms with Crippen LogP contribution >= 0.6 is 22.6 Å². The van der Waals surface area contributed by atoms with E-state index in [1.165, 1.54) is 7.11 Å². The fourth-order valence-corrected chi connectivity index (χ4v) is 7.83. The van der Waals surface area contributed by atoms with Gasteiger partial charge in [0, 0.05) is 5.92 Å². The molecule has 1 aliphatic heterocycles. The highest BCUT2D eigenvalue weighted by atomic mass is 127. The number of hydrogen-bond donors (Lipinski definition) is 3. The van der Waals surface area contributed by atoms with E-state index in [0.717, 1.165) is 11.1 Å². The molecule has 4 atom stereocenters. The van der Waals surface area contributed by atoms with Gasteiger partial charge in [0.2, 0.25) is 11.8 Å². The highest BCUT2D eigenvalue weighted by Gasteiger charge is 2.56. The summed E-state index contributed by atoms with van der Waals surface area (Å²) in [6.07, 6.45) is -9.45. The van der Waals surface area contributed by atoms with Crippen molar-refractivity contribution in [2.75, 3.05) is 18.6 Å². The molecule has 1 fully saturated rings. The number of anilines is 1. The quantitative estimate of drug-likeness (QED) is 0.0622. The average molecular weight is 844 g/mol. The number of rotatable bonds is 10. The van der Waals surface area contributed by atoms with E-state index >= 15 is 0 Å². The predicted octanol–water partition coefficient (Wildman–Crippen LogP) is 8.50. The van der Waals surface area contributed by atoms with Crippen molar-refractivity contribution in [2.24, 2.45) is 23.7 Å². The smallest absolute Gasteiger partial charge is 0.416 e. The third-order valence-corrected chi connectivity index (χ3v) is 10.5. The Hall–Kier alpha value is -3.89. The van der Waals surface area contributed by atoms with Crippen molar-refractivity contribution in [3.63, 3.8) is 0 Å². The van der Waals surface area contributed by atoms with Crippen LogP contribution in [0.5, 0.6) is 11.5 Å². The molecule has 3 aromatic rings. The molecule has 3 N–H and O–H groups in total. The molecule has 1 aliphatic carbocycles. The summed E-state index contributed by atoms with van der Waals surface area (Å²) in [7, 11) is 1.43. The van der Waals surface area contributed by atoms with Gasteiger partial charge in [0.25, 0.3) is 0 Å². The number of aromatic hydroxyl groups is 1. The first kappa shape index (κ1) is 39.3. The van der Waals surface area contributed by atoms with E-state index in [9.17, 15) is 51.3 Å². The number of carbonyl (C=O) groups is 2. The van der Waals surface area contributed by atoms with Crippen LogP contribution in [0.3, 0.4) is 0 Å². The number of halogens is 7. The van der Waals surface area contributed by atoms with E-state index in [4.69, 9.17) is 4.74 Å². The Kier molecular flexibility index (Phi) is 11.5. The molecular formula is C38H36F6INO6. The Morgan fingerprint density at radius 1 is 0.981 bits per heavy atom. The first-order chi connectivity index (χ1) is 24.4. The summed E-state index contributed by atoms with van der Waals surface area (Å²) in [4.78, 5) is 28.1. The number of alkyl halides is 6. The Balaban J connectivity index is 1.50. The molecule has 0 aromatic heterocycles. The van der Waals surface area contributed by atoms with Gasteiger partial charge in [0.05, 0.1) is 52.0 Å². The zero-order chi connectivity index (χ0) is 38.3. The average Bonchev–Trinajstić information content (AvgIpc) is 3.34. The maximum Gasteiger partial charge on any atom is 0.416 e. The molecule has 2 aliphatic rings. The molecule has 52 heavy (non-hydrogen) atoms. The van der Waals surface area contributed by atoms with Crippen LogP contribution in [-0.4, -0.2) is 47.0 Å². The van der Waals surface area contributed by atoms with Crippen molar-refractivity contribution in [1.29, 1.82) is 0 Å². The molecular weight excluding hydrogens is 807 g/mol. The molecule has 1 saturated heterocycles. The Bertz CT molecular complexity index is 1870. The van der Waals surface area contributed by atoms with E-state index in [-0.39, 0.29) is 42.7 Å². The summed E-state index contributed by atoms with van der Waals surface area (Å²) < 4.78 is 88.0. The minimum Gasteiger partial charge on any atom is -0.504 e. The third-order valence-electron chi connectivity index (χ3n) is 9.65. The zero-order valence-corrected chi connectivity index (χ0v) is 30.4. The summed E-state index contributed by atoms with van der Waals surface area (Å²) in [5, 5.41) is 32.8. The predicted molar refractivity (Wildman–Crippen MR) is 190 cm³/mol. The highest BCUT2D eigenvalue weighted by Crippen LogP contribution is 2.50. The number of phenols is 1. The van der Waals surface area contributed by atoms with Gasteiger partial charge in [-0.2, -0.15) is 26.3 Å². The van der Waals surface area contributed by atoms with Crippen molar-refractivity contribution < 1.29 is 56.0 Å². The van der Waals surface area contributed by atoms with Crippen molar-refractivity contribution in [3.05, 3.63) is 97.6 Å². The van der Waals surface area contributed by atoms with Crippen LogP contribution in [-0.2, 0) is 21.9 Å². The van der Waals surface area contributed by atoms with Gasteiger partial charge in [-0.25, -0.2) is 4.90 Å². The van der Waals surface area contributed by atoms with E-state index in [1.54, 1.807) is 26.0 Å². The van der Waals surface area contributed by atoms with Gasteiger partial charge >= 0.3 is 12.4 Å². The van der Waals surface area contributed by atoms with E-state index in [1.807, 2.05) is 59.0 Å². The fourth-order valence-electron chi connectivity index (χ4n) is 7.20. The minimum atomic E-state index is -5.20. The summed E-state index contributed by atoms with van der Waals surface area (Å²) in [6.45, 7) is 2.89. The minimum absolute atomic E-state index is 0.0110. The third kappa shape index (κ3) is 7.88. The fraction of sp³-hybridized carbons (Fsp3) is 0.368. The molecule has 14 heteroatoms. The van der Waals surface area contributed by atoms with Crippen molar-refractivity contribution in [1.82, 2.24) is 0 Å². The number of ether oxygens (including phenoxy) is 1. The van der Waals surface area contributed by atoms with Crippen LogP contribution in [0.25, 0.3) is 11.6 Å². The second-order valence-electron chi connectivity index (χ2n) is 13.2. The summed E-state index contributed by atoms with van der Waals surface area (Å²) in [5.41, 5.74) is -0.959. The standard InChI is InChI=1S/C38H36F6INO6/c1-19(2)26-17-27-33(36(51)46(35(27)50)25-15-23(37(39,40)41)14-24(16-25)38(42,43)44)28(18-47)32(26)30(48)10-9-22(21-7-5-4-6-8-21)11-20-12-29(45)34(49)31(13-20)52-3/h4-8,11-16,19,27-28,30,33,47-49H,9-10,17-18H2,1-3H3/b22-11-/t27-,28+,30-,33-/m1/s1. The lowest BCUT2D eigenvalue weighted by Gasteiger charge is -2.38. The number of phenolic OH excluding ortho intramolecular Hbond substituents is 1. The lowest BCUT2D eigenvalue weighted by molar-refractivity contribution is -0.143. The summed E-state index contributed by atoms with van der Waals surface area (Å²) in [6, 6.07) is 13.3. The number of aliphatic hydroxyl groups is 2. The summed E-state index contributed by atoms with van der Waals surface area (Å²) in [5.74, 6) is -5.69. The molecule has 0 spiro atoms. The number of nitrogens with zero attached hydrogens (tertiary/aromatic N) is 1. The monoisotopic (exact) mass is 843 g/mol. The first-order valence-corrected chi connectivity index (χ1v) is 17.5. The number of fused-ring (bicyclic) bond motifs is 1. The van der Waals surface area contributed by atoms with Gasteiger partial charge in [0.1, 0.15) is 0 Å². The van der Waals surface area contributed by atoms with Gasteiger partial charge in [-0.05, 0) is 100 Å². The Labute approximate surface area is 309 Å². The number of imide groups is 1.